The molecule has 134 valence electrons. The molecule has 0 aliphatic carbocycles. The van der Waals surface area contributed by atoms with Gasteiger partial charge in [-0.15, -0.1) is 0 Å². The Hall–Kier alpha value is -1.92. The molecule has 6 nitrogen and oxygen atoms in total. The molecular weight excluding hydrogens is 314 g/mol. The molecule has 0 bridgehead atoms. The van der Waals surface area contributed by atoms with E-state index >= 15 is 0 Å². The van der Waals surface area contributed by atoms with Crippen molar-refractivity contribution >= 4 is 0 Å². The molecule has 6 heteroatoms. The quantitative estimate of drug-likeness (QED) is 0.835. The van der Waals surface area contributed by atoms with Crippen molar-refractivity contribution < 1.29 is 4.74 Å². The van der Waals surface area contributed by atoms with Crippen LogP contribution in [-0.2, 0) is 26.2 Å². The Kier molecular flexibility index (Phi) is 4.99. The molecule has 0 amide bonds. The molecule has 2 aliphatic rings. The molecule has 25 heavy (non-hydrogen) atoms. The topological polar surface area (TPSA) is 46.4 Å². The van der Waals surface area contributed by atoms with Crippen molar-refractivity contribution in [1.29, 1.82) is 0 Å². The minimum absolute atomic E-state index is 0.724. The molecule has 2 aliphatic heterocycles. The van der Waals surface area contributed by atoms with Gasteiger partial charge in [0.1, 0.15) is 5.82 Å². The average Bonchev–Trinajstić information content (AvgIpc) is 3.04. The number of rotatable bonds is 5. The lowest BCUT2D eigenvalue weighted by Gasteiger charge is -2.27. The van der Waals surface area contributed by atoms with Crippen LogP contribution < -0.4 is 4.74 Å². The Labute approximate surface area is 149 Å². The minimum Gasteiger partial charge on any atom is -0.481 e. The maximum atomic E-state index is 5.38. The zero-order valence-corrected chi connectivity index (χ0v) is 15.0. The standard InChI is InChI=1S/C19H27N5O/c1-25-19-16(6-5-7-20-19)12-23-10-11-24-14-17(21-18(24)15-23)13-22-8-3-2-4-9-22/h5-7,14H,2-4,8-13,15H2,1H3. The normalized spacial score (nSPS) is 18.9. The van der Waals surface area contributed by atoms with E-state index < -0.39 is 0 Å². The highest BCUT2D eigenvalue weighted by molar-refractivity contribution is 5.25. The molecule has 4 rings (SSSR count). The predicted octanol–water partition coefficient (Wildman–Crippen LogP) is 2.29. The van der Waals surface area contributed by atoms with E-state index in [-0.39, 0.29) is 0 Å². The number of likely N-dealkylation sites (tertiary alicyclic amines) is 1. The summed E-state index contributed by atoms with van der Waals surface area (Å²) in [6.07, 6.45) is 8.07. The first-order valence-corrected chi connectivity index (χ1v) is 9.29. The highest BCUT2D eigenvalue weighted by atomic mass is 16.5. The smallest absolute Gasteiger partial charge is 0.217 e. The van der Waals surface area contributed by atoms with E-state index in [1.807, 2.05) is 6.07 Å². The van der Waals surface area contributed by atoms with Crippen LogP contribution in [0.4, 0.5) is 0 Å². The Morgan fingerprint density at radius 3 is 2.76 bits per heavy atom. The number of methoxy groups -OCH3 is 1. The van der Waals surface area contributed by atoms with E-state index in [1.165, 1.54) is 43.9 Å². The summed E-state index contributed by atoms with van der Waals surface area (Å²) in [6, 6.07) is 4.06. The summed E-state index contributed by atoms with van der Waals surface area (Å²) in [6.45, 7) is 7.21. The maximum absolute atomic E-state index is 5.38. The van der Waals surface area contributed by atoms with Crippen LogP contribution in [0.2, 0.25) is 0 Å². The Balaban J connectivity index is 1.41. The first-order valence-electron chi connectivity index (χ1n) is 9.29. The second-order valence-electron chi connectivity index (χ2n) is 7.06. The average molecular weight is 341 g/mol. The number of hydrogen-bond donors (Lipinski definition) is 0. The fourth-order valence-electron chi connectivity index (χ4n) is 3.89. The van der Waals surface area contributed by atoms with E-state index in [2.05, 4.69) is 31.6 Å². The largest absolute Gasteiger partial charge is 0.481 e. The maximum Gasteiger partial charge on any atom is 0.217 e. The van der Waals surface area contributed by atoms with Crippen molar-refractivity contribution in [3.05, 3.63) is 41.6 Å². The van der Waals surface area contributed by atoms with Crippen LogP contribution in [0, 0.1) is 0 Å². The molecule has 2 aromatic rings. The van der Waals surface area contributed by atoms with Crippen LogP contribution in [0.15, 0.2) is 24.5 Å². The molecule has 1 saturated heterocycles. The fraction of sp³-hybridized carbons (Fsp3) is 0.579. The number of fused-ring (bicyclic) bond motifs is 1. The van der Waals surface area contributed by atoms with Gasteiger partial charge in [-0.1, -0.05) is 12.5 Å². The van der Waals surface area contributed by atoms with Crippen molar-refractivity contribution in [1.82, 2.24) is 24.3 Å². The molecule has 0 atom stereocenters. The highest BCUT2D eigenvalue weighted by Crippen LogP contribution is 2.21. The van der Waals surface area contributed by atoms with Gasteiger partial charge in [0, 0.05) is 44.1 Å². The van der Waals surface area contributed by atoms with Gasteiger partial charge in [-0.2, -0.15) is 0 Å². The van der Waals surface area contributed by atoms with Gasteiger partial charge in [0.2, 0.25) is 5.88 Å². The van der Waals surface area contributed by atoms with Crippen molar-refractivity contribution in [2.45, 2.75) is 45.4 Å². The Morgan fingerprint density at radius 1 is 1.04 bits per heavy atom. The summed E-state index contributed by atoms with van der Waals surface area (Å²) in [4.78, 5) is 14.2. The molecule has 1 fully saturated rings. The molecule has 0 spiro atoms. The lowest BCUT2D eigenvalue weighted by atomic mass is 10.1. The Bertz CT molecular complexity index is 708. The van der Waals surface area contributed by atoms with E-state index in [1.54, 1.807) is 13.3 Å². The molecule has 4 heterocycles. The van der Waals surface area contributed by atoms with Gasteiger partial charge in [0.15, 0.2) is 0 Å². The third-order valence-corrected chi connectivity index (χ3v) is 5.20. The number of nitrogens with zero attached hydrogens (tertiary/aromatic N) is 5. The highest BCUT2D eigenvalue weighted by Gasteiger charge is 2.21. The van der Waals surface area contributed by atoms with Gasteiger partial charge in [-0.3, -0.25) is 9.80 Å². The lowest BCUT2D eigenvalue weighted by molar-refractivity contribution is 0.205. The van der Waals surface area contributed by atoms with Crippen LogP contribution in [-0.4, -0.2) is 51.1 Å². The number of imidazole rings is 1. The van der Waals surface area contributed by atoms with Crippen LogP contribution in [0.1, 0.15) is 36.3 Å². The van der Waals surface area contributed by atoms with E-state index in [0.717, 1.165) is 44.2 Å². The summed E-state index contributed by atoms with van der Waals surface area (Å²) in [5, 5.41) is 0. The van der Waals surface area contributed by atoms with Crippen LogP contribution in [0.5, 0.6) is 5.88 Å². The van der Waals surface area contributed by atoms with Crippen LogP contribution in [0.3, 0.4) is 0 Å². The van der Waals surface area contributed by atoms with Gasteiger partial charge in [-0.25, -0.2) is 9.97 Å². The zero-order chi connectivity index (χ0) is 17.1. The number of hydrogen-bond acceptors (Lipinski definition) is 5. The summed E-state index contributed by atoms with van der Waals surface area (Å²) in [5.41, 5.74) is 2.36. The number of ether oxygens (including phenoxy) is 1. The lowest BCUT2D eigenvalue weighted by Crippen LogP contribution is -2.33. The third-order valence-electron chi connectivity index (χ3n) is 5.20. The van der Waals surface area contributed by atoms with E-state index in [0.29, 0.717) is 0 Å². The molecule has 0 aromatic carbocycles. The summed E-state index contributed by atoms with van der Waals surface area (Å²) >= 11 is 0. The van der Waals surface area contributed by atoms with Crippen molar-refractivity contribution in [2.75, 3.05) is 26.7 Å². The van der Waals surface area contributed by atoms with Crippen molar-refractivity contribution in [3.63, 3.8) is 0 Å². The molecular formula is C19H27N5O. The van der Waals surface area contributed by atoms with Crippen molar-refractivity contribution in [3.8, 4) is 5.88 Å². The summed E-state index contributed by atoms with van der Waals surface area (Å²) in [5.74, 6) is 1.91. The first kappa shape index (κ1) is 16.5. The molecule has 2 aromatic heterocycles. The Morgan fingerprint density at radius 2 is 1.92 bits per heavy atom. The summed E-state index contributed by atoms with van der Waals surface area (Å²) in [7, 11) is 1.68. The molecule has 0 N–H and O–H groups in total. The molecule has 0 unspecified atom stereocenters. The summed E-state index contributed by atoms with van der Waals surface area (Å²) < 4.78 is 7.71. The monoisotopic (exact) mass is 341 g/mol. The number of piperidine rings is 1. The van der Waals surface area contributed by atoms with Gasteiger partial charge in [0.25, 0.3) is 0 Å². The second kappa shape index (κ2) is 7.54. The van der Waals surface area contributed by atoms with E-state index in [4.69, 9.17) is 9.72 Å². The van der Waals surface area contributed by atoms with Crippen LogP contribution in [0.25, 0.3) is 0 Å². The predicted molar refractivity (Wildman–Crippen MR) is 96.3 cm³/mol. The minimum atomic E-state index is 0.724. The zero-order valence-electron chi connectivity index (χ0n) is 15.0. The number of aromatic nitrogens is 3. The first-order chi connectivity index (χ1) is 12.3. The van der Waals surface area contributed by atoms with Gasteiger partial charge in [-0.05, 0) is 32.0 Å². The fourth-order valence-corrected chi connectivity index (χ4v) is 3.89. The number of pyridine rings is 1. The van der Waals surface area contributed by atoms with Crippen LogP contribution >= 0.6 is 0 Å². The molecule has 0 saturated carbocycles. The van der Waals surface area contributed by atoms with Gasteiger partial charge in [0.05, 0.1) is 19.3 Å². The van der Waals surface area contributed by atoms with Crippen molar-refractivity contribution in [2.24, 2.45) is 0 Å². The van der Waals surface area contributed by atoms with Gasteiger partial charge < -0.3 is 9.30 Å². The second-order valence-corrected chi connectivity index (χ2v) is 7.06. The van der Waals surface area contributed by atoms with E-state index in [9.17, 15) is 0 Å². The third kappa shape index (κ3) is 3.85. The SMILES string of the molecule is COc1ncccc1CN1CCn2cc(CN3CCCCC3)nc2C1. The van der Waals surface area contributed by atoms with Gasteiger partial charge >= 0.3 is 0 Å². The molecule has 0 radical (unpaired) electrons.